The summed E-state index contributed by atoms with van der Waals surface area (Å²) in [7, 11) is 1.95. The molecule has 1 fully saturated rings. The molecular weight excluding hydrogens is 386 g/mol. The summed E-state index contributed by atoms with van der Waals surface area (Å²) in [5.41, 5.74) is 2.35. The summed E-state index contributed by atoms with van der Waals surface area (Å²) in [5.74, 6) is 0.0307. The molecule has 0 aliphatic carbocycles. The molecule has 2 atom stereocenters. The Morgan fingerprint density at radius 3 is 2.45 bits per heavy atom. The summed E-state index contributed by atoms with van der Waals surface area (Å²) in [6.07, 6.45) is 0. The van der Waals surface area contributed by atoms with Crippen molar-refractivity contribution in [2.24, 2.45) is 0 Å². The Morgan fingerprint density at radius 2 is 1.79 bits per heavy atom. The number of ether oxygens (including phenoxy) is 1. The summed E-state index contributed by atoms with van der Waals surface area (Å²) in [4.78, 5) is 17.1. The van der Waals surface area contributed by atoms with Crippen LogP contribution < -0.4 is 5.32 Å². The molecule has 1 N–H and O–H groups in total. The number of hydrogen-bond acceptors (Lipinski definition) is 4. The third-order valence-electron chi connectivity index (χ3n) is 5.22. The maximum Gasteiger partial charge on any atom is 0.234 e. The van der Waals surface area contributed by atoms with Gasteiger partial charge in [-0.1, -0.05) is 54.1 Å². The number of carbonyl (C=O) groups excluding carboxylic acids is 1. The number of morpholine rings is 1. The number of nitrogens with one attached hydrogen (secondary N) is 1. The fourth-order valence-corrected chi connectivity index (χ4v) is 4.03. The van der Waals surface area contributed by atoms with Crippen molar-refractivity contribution < 1.29 is 9.53 Å². The van der Waals surface area contributed by atoms with Crippen molar-refractivity contribution in [2.75, 3.05) is 39.9 Å². The van der Waals surface area contributed by atoms with Crippen LogP contribution in [-0.4, -0.2) is 61.6 Å². The molecule has 29 heavy (non-hydrogen) atoms. The van der Waals surface area contributed by atoms with Crippen LogP contribution in [0, 0.1) is 0 Å². The predicted octanol–water partition coefficient (Wildman–Crippen LogP) is 3.35. The average Bonchev–Trinajstić information content (AvgIpc) is 2.71. The number of nitrogens with zero attached hydrogens (tertiary/aromatic N) is 2. The Morgan fingerprint density at radius 1 is 1.14 bits per heavy atom. The molecule has 2 aromatic carbocycles. The molecule has 0 aromatic heterocycles. The zero-order chi connectivity index (χ0) is 20.6. The van der Waals surface area contributed by atoms with Crippen molar-refractivity contribution >= 4 is 17.5 Å². The van der Waals surface area contributed by atoms with E-state index >= 15 is 0 Å². The van der Waals surface area contributed by atoms with Crippen molar-refractivity contribution in [3.8, 4) is 0 Å². The Bertz CT molecular complexity index is 763. The molecule has 2 aromatic rings. The van der Waals surface area contributed by atoms with Gasteiger partial charge in [0.2, 0.25) is 5.91 Å². The zero-order valence-corrected chi connectivity index (χ0v) is 17.9. The molecule has 0 spiro atoms. The van der Waals surface area contributed by atoms with Crippen LogP contribution in [0.5, 0.6) is 0 Å². The molecule has 1 heterocycles. The van der Waals surface area contributed by atoms with E-state index < -0.39 is 0 Å². The van der Waals surface area contributed by atoms with E-state index in [2.05, 4.69) is 41.4 Å². The molecule has 1 aliphatic rings. The third-order valence-corrected chi connectivity index (χ3v) is 5.47. The summed E-state index contributed by atoms with van der Waals surface area (Å²) in [6, 6.07) is 18.2. The van der Waals surface area contributed by atoms with E-state index in [1.165, 1.54) is 5.56 Å². The van der Waals surface area contributed by atoms with Crippen LogP contribution in [0.3, 0.4) is 0 Å². The highest BCUT2D eigenvalue weighted by Gasteiger charge is 2.28. The lowest BCUT2D eigenvalue weighted by atomic mass is 9.98. The van der Waals surface area contributed by atoms with E-state index in [1.54, 1.807) is 0 Å². The fraction of sp³-hybridized carbons (Fsp3) is 0.435. The molecular formula is C23H30ClN3O2. The number of carbonyl (C=O) groups is 1. The Labute approximate surface area is 178 Å². The number of hydrogen-bond donors (Lipinski definition) is 1. The third kappa shape index (κ3) is 6.54. The lowest BCUT2D eigenvalue weighted by Crippen LogP contribution is -2.49. The van der Waals surface area contributed by atoms with E-state index in [0.29, 0.717) is 13.1 Å². The Kier molecular flexibility index (Phi) is 8.07. The summed E-state index contributed by atoms with van der Waals surface area (Å²) >= 11 is 5.94. The van der Waals surface area contributed by atoms with Gasteiger partial charge in [0.1, 0.15) is 0 Å². The number of likely N-dealkylation sites (N-methyl/N-ethyl adjacent to an activating group) is 1. The molecule has 0 saturated carbocycles. The quantitative estimate of drug-likeness (QED) is 0.718. The predicted molar refractivity (Wildman–Crippen MR) is 117 cm³/mol. The molecule has 0 unspecified atom stereocenters. The van der Waals surface area contributed by atoms with Gasteiger partial charge in [0.25, 0.3) is 0 Å². The van der Waals surface area contributed by atoms with Gasteiger partial charge in [0.15, 0.2) is 0 Å². The lowest BCUT2D eigenvalue weighted by molar-refractivity contribution is -0.123. The first-order valence-corrected chi connectivity index (χ1v) is 10.5. The van der Waals surface area contributed by atoms with E-state index in [1.807, 2.05) is 42.3 Å². The first-order valence-electron chi connectivity index (χ1n) is 10.1. The minimum atomic E-state index is -0.00747. The van der Waals surface area contributed by atoms with Crippen LogP contribution >= 0.6 is 11.6 Å². The standard InChI is InChI=1S/C23H30ClN3O2/c1-18(23(20-6-4-3-5-7-20)27-12-14-29-15-13-27)25-22(28)17-26(2)16-19-8-10-21(24)11-9-19/h3-11,18,23H,12-17H2,1-2H3,(H,25,28)/t18-,23-/m1/s1. The van der Waals surface area contributed by atoms with Gasteiger partial charge in [-0.05, 0) is 37.2 Å². The summed E-state index contributed by atoms with van der Waals surface area (Å²) in [5, 5.41) is 3.94. The minimum absolute atomic E-state index is 0.00747. The molecule has 1 saturated heterocycles. The van der Waals surface area contributed by atoms with E-state index in [0.717, 1.165) is 36.9 Å². The summed E-state index contributed by atoms with van der Waals surface area (Å²) < 4.78 is 5.52. The molecule has 1 amide bonds. The number of benzene rings is 2. The first-order chi connectivity index (χ1) is 14.0. The van der Waals surface area contributed by atoms with Gasteiger partial charge < -0.3 is 10.1 Å². The van der Waals surface area contributed by atoms with Gasteiger partial charge in [0, 0.05) is 30.7 Å². The highest BCUT2D eigenvalue weighted by Crippen LogP contribution is 2.25. The lowest BCUT2D eigenvalue weighted by Gasteiger charge is -2.38. The van der Waals surface area contributed by atoms with Crippen LogP contribution in [0.15, 0.2) is 54.6 Å². The summed E-state index contributed by atoms with van der Waals surface area (Å²) in [6.45, 7) is 6.33. The van der Waals surface area contributed by atoms with Crippen LogP contribution in [0.4, 0.5) is 0 Å². The van der Waals surface area contributed by atoms with Crippen LogP contribution in [0.1, 0.15) is 24.1 Å². The number of amides is 1. The van der Waals surface area contributed by atoms with Crippen molar-refractivity contribution in [1.29, 1.82) is 0 Å². The fourth-order valence-electron chi connectivity index (χ4n) is 3.90. The van der Waals surface area contributed by atoms with Crippen molar-refractivity contribution in [2.45, 2.75) is 25.6 Å². The second-order valence-corrected chi connectivity index (χ2v) is 8.10. The van der Waals surface area contributed by atoms with Crippen molar-refractivity contribution in [3.63, 3.8) is 0 Å². The molecule has 5 nitrogen and oxygen atoms in total. The molecule has 156 valence electrons. The smallest absolute Gasteiger partial charge is 0.234 e. The van der Waals surface area contributed by atoms with Crippen LogP contribution in [0.25, 0.3) is 0 Å². The van der Waals surface area contributed by atoms with E-state index in [4.69, 9.17) is 16.3 Å². The second-order valence-electron chi connectivity index (χ2n) is 7.66. The van der Waals surface area contributed by atoms with Gasteiger partial charge in [-0.3, -0.25) is 14.6 Å². The van der Waals surface area contributed by atoms with E-state index in [9.17, 15) is 4.79 Å². The van der Waals surface area contributed by atoms with Gasteiger partial charge >= 0.3 is 0 Å². The second kappa shape index (κ2) is 10.7. The molecule has 0 radical (unpaired) electrons. The first kappa shape index (κ1) is 21.8. The largest absolute Gasteiger partial charge is 0.379 e. The molecule has 3 rings (SSSR count). The van der Waals surface area contributed by atoms with Crippen molar-refractivity contribution in [3.05, 3.63) is 70.7 Å². The Balaban J connectivity index is 1.59. The Hall–Kier alpha value is -1.92. The molecule has 1 aliphatic heterocycles. The van der Waals surface area contributed by atoms with Crippen LogP contribution in [-0.2, 0) is 16.1 Å². The zero-order valence-electron chi connectivity index (χ0n) is 17.2. The van der Waals surface area contributed by atoms with Crippen LogP contribution in [0.2, 0.25) is 5.02 Å². The highest BCUT2D eigenvalue weighted by molar-refractivity contribution is 6.30. The maximum atomic E-state index is 12.7. The monoisotopic (exact) mass is 415 g/mol. The van der Waals surface area contributed by atoms with Gasteiger partial charge in [-0.15, -0.1) is 0 Å². The van der Waals surface area contributed by atoms with Gasteiger partial charge in [-0.25, -0.2) is 0 Å². The average molecular weight is 416 g/mol. The van der Waals surface area contributed by atoms with E-state index in [-0.39, 0.29) is 18.0 Å². The normalized spacial score (nSPS) is 17.1. The number of halogens is 1. The molecule has 0 bridgehead atoms. The maximum absolute atomic E-state index is 12.7. The minimum Gasteiger partial charge on any atom is -0.379 e. The van der Waals surface area contributed by atoms with Gasteiger partial charge in [-0.2, -0.15) is 0 Å². The number of rotatable bonds is 8. The SMILES string of the molecule is C[C@@H](NC(=O)CN(C)Cc1ccc(Cl)cc1)[C@H](c1ccccc1)N1CCOCC1. The highest BCUT2D eigenvalue weighted by atomic mass is 35.5. The molecule has 6 heteroatoms. The van der Waals surface area contributed by atoms with Gasteiger partial charge in [0.05, 0.1) is 25.8 Å². The van der Waals surface area contributed by atoms with Crippen molar-refractivity contribution in [1.82, 2.24) is 15.1 Å². The topological polar surface area (TPSA) is 44.8 Å².